The second-order valence-corrected chi connectivity index (χ2v) is 2.74. The molecule has 0 aromatic rings. The molecule has 0 spiro atoms. The first-order valence-corrected chi connectivity index (χ1v) is 3.81. The third-order valence-electron chi connectivity index (χ3n) is 1.39. The van der Waals surface area contributed by atoms with Crippen LogP contribution in [-0.4, -0.2) is 25.4 Å². The monoisotopic (exact) mass is 180 g/mol. The first-order valence-electron chi connectivity index (χ1n) is 3.81. The average Bonchev–Trinajstić information content (AvgIpc) is 2.00. The van der Waals surface area contributed by atoms with Gasteiger partial charge in [0.15, 0.2) is 0 Å². The molecule has 0 saturated carbocycles. The standard InChI is InChI=1S/C7H14F2N2O/c1-5(3-10)2-7(12)11-4-6(8)9/h5-6H,2-4,10H2,1H3,(H,11,12). The molecule has 0 radical (unpaired) electrons. The van der Waals surface area contributed by atoms with Crippen LogP contribution in [0.2, 0.25) is 0 Å². The Labute approximate surface area is 70.3 Å². The van der Waals surface area contributed by atoms with Crippen molar-refractivity contribution in [3.63, 3.8) is 0 Å². The third kappa shape index (κ3) is 6.03. The molecule has 1 unspecified atom stereocenters. The predicted molar refractivity (Wildman–Crippen MR) is 41.8 cm³/mol. The van der Waals surface area contributed by atoms with E-state index < -0.39 is 13.0 Å². The van der Waals surface area contributed by atoms with Gasteiger partial charge in [-0.15, -0.1) is 0 Å². The Morgan fingerprint density at radius 1 is 1.58 bits per heavy atom. The van der Waals surface area contributed by atoms with Crippen LogP contribution in [0, 0.1) is 5.92 Å². The summed E-state index contributed by atoms with van der Waals surface area (Å²) >= 11 is 0. The van der Waals surface area contributed by atoms with E-state index in [4.69, 9.17) is 5.73 Å². The van der Waals surface area contributed by atoms with Gasteiger partial charge in [0.2, 0.25) is 5.91 Å². The average molecular weight is 180 g/mol. The van der Waals surface area contributed by atoms with E-state index in [2.05, 4.69) is 5.32 Å². The fourth-order valence-electron chi connectivity index (χ4n) is 0.663. The Kier molecular flexibility index (Phi) is 5.53. The van der Waals surface area contributed by atoms with Gasteiger partial charge in [-0.1, -0.05) is 6.92 Å². The number of hydrogen-bond donors (Lipinski definition) is 2. The highest BCUT2D eigenvalue weighted by Gasteiger charge is 2.09. The van der Waals surface area contributed by atoms with E-state index in [1.807, 2.05) is 0 Å². The fraction of sp³-hybridized carbons (Fsp3) is 0.857. The lowest BCUT2D eigenvalue weighted by molar-refractivity contribution is -0.122. The Bertz CT molecular complexity index is 141. The van der Waals surface area contributed by atoms with Crippen LogP contribution in [0.1, 0.15) is 13.3 Å². The van der Waals surface area contributed by atoms with Gasteiger partial charge in [0, 0.05) is 6.42 Å². The Hall–Kier alpha value is -0.710. The fourth-order valence-corrected chi connectivity index (χ4v) is 0.663. The minimum absolute atomic E-state index is 0.0441. The maximum Gasteiger partial charge on any atom is 0.255 e. The van der Waals surface area contributed by atoms with E-state index in [1.54, 1.807) is 6.92 Å². The van der Waals surface area contributed by atoms with E-state index in [0.29, 0.717) is 6.54 Å². The van der Waals surface area contributed by atoms with Crippen molar-refractivity contribution in [1.82, 2.24) is 5.32 Å². The van der Waals surface area contributed by atoms with Crippen molar-refractivity contribution in [1.29, 1.82) is 0 Å². The first-order chi connectivity index (χ1) is 5.56. The number of alkyl halides is 2. The number of halogens is 2. The van der Waals surface area contributed by atoms with Gasteiger partial charge in [-0.05, 0) is 12.5 Å². The minimum Gasteiger partial charge on any atom is -0.350 e. The van der Waals surface area contributed by atoms with Gasteiger partial charge in [0.1, 0.15) is 0 Å². The second kappa shape index (κ2) is 5.88. The molecule has 0 aromatic carbocycles. The minimum atomic E-state index is -2.48. The van der Waals surface area contributed by atoms with Crippen LogP contribution in [0.4, 0.5) is 8.78 Å². The largest absolute Gasteiger partial charge is 0.350 e. The summed E-state index contributed by atoms with van der Waals surface area (Å²) in [7, 11) is 0. The molecule has 0 fully saturated rings. The predicted octanol–water partition coefficient (Wildman–Crippen LogP) is 0.353. The molecule has 72 valence electrons. The van der Waals surface area contributed by atoms with E-state index >= 15 is 0 Å². The maximum absolute atomic E-state index is 11.6. The van der Waals surface area contributed by atoms with Crippen molar-refractivity contribution in [3.05, 3.63) is 0 Å². The Balaban J connectivity index is 3.46. The molecular formula is C7H14F2N2O. The number of carbonyl (C=O) groups excluding carboxylic acids is 1. The van der Waals surface area contributed by atoms with Gasteiger partial charge in [0.05, 0.1) is 6.54 Å². The van der Waals surface area contributed by atoms with E-state index in [1.165, 1.54) is 0 Å². The molecule has 0 aliphatic rings. The topological polar surface area (TPSA) is 55.1 Å². The summed E-state index contributed by atoms with van der Waals surface area (Å²) in [6, 6.07) is 0. The summed E-state index contributed by atoms with van der Waals surface area (Å²) in [4.78, 5) is 10.8. The van der Waals surface area contributed by atoms with E-state index in [0.717, 1.165) is 0 Å². The maximum atomic E-state index is 11.6. The van der Waals surface area contributed by atoms with Crippen molar-refractivity contribution < 1.29 is 13.6 Å². The van der Waals surface area contributed by atoms with E-state index in [-0.39, 0.29) is 18.2 Å². The molecule has 0 saturated heterocycles. The summed E-state index contributed by atoms with van der Waals surface area (Å²) in [5.41, 5.74) is 5.25. The summed E-state index contributed by atoms with van der Waals surface area (Å²) in [6.45, 7) is 1.61. The van der Waals surface area contributed by atoms with Crippen LogP contribution in [0.3, 0.4) is 0 Å². The molecular weight excluding hydrogens is 166 g/mol. The molecule has 0 rings (SSSR count). The second-order valence-electron chi connectivity index (χ2n) is 2.74. The molecule has 0 bridgehead atoms. The zero-order valence-electron chi connectivity index (χ0n) is 7.02. The van der Waals surface area contributed by atoms with Gasteiger partial charge in [-0.3, -0.25) is 4.79 Å². The van der Waals surface area contributed by atoms with Gasteiger partial charge in [-0.2, -0.15) is 0 Å². The SMILES string of the molecule is CC(CN)CC(=O)NCC(F)F. The summed E-state index contributed by atoms with van der Waals surface area (Å²) in [5, 5.41) is 2.10. The van der Waals surface area contributed by atoms with Crippen LogP contribution < -0.4 is 11.1 Å². The van der Waals surface area contributed by atoms with Crippen molar-refractivity contribution in [3.8, 4) is 0 Å². The lowest BCUT2D eigenvalue weighted by Gasteiger charge is -2.08. The van der Waals surface area contributed by atoms with Crippen LogP contribution in [0.25, 0.3) is 0 Å². The molecule has 1 amide bonds. The lowest BCUT2D eigenvalue weighted by atomic mass is 10.1. The number of carbonyl (C=O) groups is 1. The van der Waals surface area contributed by atoms with Crippen LogP contribution in [0.15, 0.2) is 0 Å². The lowest BCUT2D eigenvalue weighted by Crippen LogP contribution is -2.30. The van der Waals surface area contributed by atoms with Crippen LogP contribution in [-0.2, 0) is 4.79 Å². The number of hydrogen-bond acceptors (Lipinski definition) is 2. The molecule has 0 heterocycles. The van der Waals surface area contributed by atoms with Gasteiger partial charge in [-0.25, -0.2) is 8.78 Å². The number of rotatable bonds is 5. The Morgan fingerprint density at radius 3 is 2.58 bits per heavy atom. The highest BCUT2D eigenvalue weighted by molar-refractivity contribution is 5.76. The molecule has 1 atom stereocenters. The van der Waals surface area contributed by atoms with Crippen molar-refractivity contribution in [2.24, 2.45) is 11.7 Å². The van der Waals surface area contributed by atoms with Gasteiger partial charge in [0.25, 0.3) is 6.43 Å². The molecule has 5 heteroatoms. The Morgan fingerprint density at radius 2 is 2.17 bits per heavy atom. The highest BCUT2D eigenvalue weighted by atomic mass is 19.3. The molecule has 0 aromatic heterocycles. The molecule has 3 nitrogen and oxygen atoms in total. The number of amides is 1. The third-order valence-corrected chi connectivity index (χ3v) is 1.39. The quantitative estimate of drug-likeness (QED) is 0.641. The molecule has 0 aliphatic carbocycles. The van der Waals surface area contributed by atoms with Crippen molar-refractivity contribution in [2.75, 3.05) is 13.1 Å². The van der Waals surface area contributed by atoms with Crippen LogP contribution in [0.5, 0.6) is 0 Å². The molecule has 0 aliphatic heterocycles. The first kappa shape index (κ1) is 11.3. The normalized spacial score (nSPS) is 13.1. The van der Waals surface area contributed by atoms with Crippen molar-refractivity contribution in [2.45, 2.75) is 19.8 Å². The summed E-state index contributed by atoms with van der Waals surface area (Å²) in [5.74, 6) is -0.323. The van der Waals surface area contributed by atoms with Gasteiger partial charge < -0.3 is 11.1 Å². The van der Waals surface area contributed by atoms with E-state index in [9.17, 15) is 13.6 Å². The highest BCUT2D eigenvalue weighted by Crippen LogP contribution is 1.98. The van der Waals surface area contributed by atoms with Crippen molar-refractivity contribution >= 4 is 5.91 Å². The zero-order chi connectivity index (χ0) is 9.56. The van der Waals surface area contributed by atoms with Gasteiger partial charge >= 0.3 is 0 Å². The summed E-state index contributed by atoms with van der Waals surface area (Å²) in [6.07, 6.45) is -2.27. The van der Waals surface area contributed by atoms with Crippen LogP contribution >= 0.6 is 0 Å². The summed E-state index contributed by atoms with van der Waals surface area (Å²) < 4.78 is 23.2. The zero-order valence-corrected chi connectivity index (χ0v) is 7.02. The number of nitrogens with two attached hydrogens (primary N) is 1. The molecule has 3 N–H and O–H groups in total. The smallest absolute Gasteiger partial charge is 0.255 e. The molecule has 12 heavy (non-hydrogen) atoms. The number of nitrogens with one attached hydrogen (secondary N) is 1.